The summed E-state index contributed by atoms with van der Waals surface area (Å²) in [7, 11) is 0. The van der Waals surface area contributed by atoms with E-state index in [1.807, 2.05) is 18.2 Å². The molecule has 1 aliphatic heterocycles. The minimum Gasteiger partial charge on any atom is -0.452 e. The van der Waals surface area contributed by atoms with Crippen LogP contribution in [0.5, 0.6) is 0 Å². The van der Waals surface area contributed by atoms with E-state index in [2.05, 4.69) is 17.2 Å². The summed E-state index contributed by atoms with van der Waals surface area (Å²) in [6, 6.07) is 7.60. The molecule has 27 heavy (non-hydrogen) atoms. The van der Waals surface area contributed by atoms with Crippen LogP contribution >= 0.6 is 23.5 Å². The molecule has 7 heteroatoms. The van der Waals surface area contributed by atoms with Crippen LogP contribution in [-0.2, 0) is 15.3 Å². The Labute approximate surface area is 169 Å². The summed E-state index contributed by atoms with van der Waals surface area (Å²) in [4.78, 5) is 29.1. The normalized spacial score (nSPS) is 22.2. The molecule has 1 aliphatic carbocycles. The number of rotatable bonds is 6. The molecule has 1 saturated carbocycles. The molecule has 0 saturated heterocycles. The lowest BCUT2D eigenvalue weighted by Gasteiger charge is -2.29. The molecule has 5 nitrogen and oxygen atoms in total. The third kappa shape index (κ3) is 6.01. The summed E-state index contributed by atoms with van der Waals surface area (Å²) in [5.74, 6) is 1.51. The number of amides is 1. The second kappa shape index (κ2) is 10.2. The number of hydrogen-bond donors (Lipinski definition) is 1. The Kier molecular flexibility index (Phi) is 7.64. The highest BCUT2D eigenvalue weighted by molar-refractivity contribution is 8.38. The van der Waals surface area contributed by atoms with Crippen molar-refractivity contribution >= 4 is 39.8 Å². The van der Waals surface area contributed by atoms with Crippen molar-refractivity contribution in [3.63, 3.8) is 0 Å². The maximum Gasteiger partial charge on any atom is 0.338 e. The summed E-state index contributed by atoms with van der Waals surface area (Å²) in [6.45, 7) is 2.80. The molecule has 0 unspecified atom stereocenters. The number of carbonyl (C=O) groups is 2. The number of ether oxygens (including phenoxy) is 1. The SMILES string of the molecule is C[C@H]1CCCC[C@@H]1NC(=O)COC(=O)c1ccccc1CSC1=NCCS1. The smallest absolute Gasteiger partial charge is 0.338 e. The molecule has 0 aromatic heterocycles. The number of nitrogens with one attached hydrogen (secondary N) is 1. The zero-order valence-electron chi connectivity index (χ0n) is 15.6. The Balaban J connectivity index is 1.50. The van der Waals surface area contributed by atoms with Crippen LogP contribution in [0.25, 0.3) is 0 Å². The van der Waals surface area contributed by atoms with E-state index in [0.717, 1.165) is 41.5 Å². The van der Waals surface area contributed by atoms with Gasteiger partial charge in [0, 0.05) is 17.5 Å². The fourth-order valence-corrected chi connectivity index (χ4v) is 5.39. The van der Waals surface area contributed by atoms with Gasteiger partial charge < -0.3 is 10.1 Å². The molecule has 1 aromatic carbocycles. The summed E-state index contributed by atoms with van der Waals surface area (Å²) in [6.07, 6.45) is 4.51. The van der Waals surface area contributed by atoms with Gasteiger partial charge in [0.1, 0.15) is 4.38 Å². The highest BCUT2D eigenvalue weighted by Crippen LogP contribution is 2.27. The van der Waals surface area contributed by atoms with Crippen LogP contribution in [0, 0.1) is 5.92 Å². The number of nitrogens with zero attached hydrogens (tertiary/aromatic N) is 1. The standard InChI is InChI=1S/C20H26N2O3S2/c1-14-6-2-5-9-17(14)22-18(23)12-25-19(24)16-8-4-3-7-15(16)13-27-20-21-10-11-26-20/h3-4,7-8,14,17H,2,5-6,9-13H2,1H3,(H,22,23)/t14-,17-/m0/s1. The number of esters is 1. The molecule has 0 bridgehead atoms. The first-order valence-corrected chi connectivity index (χ1v) is 11.4. The van der Waals surface area contributed by atoms with Gasteiger partial charge in [-0.25, -0.2) is 4.79 Å². The highest BCUT2D eigenvalue weighted by atomic mass is 32.2. The van der Waals surface area contributed by atoms with E-state index in [1.165, 1.54) is 6.42 Å². The largest absolute Gasteiger partial charge is 0.452 e. The number of benzene rings is 1. The third-order valence-electron chi connectivity index (χ3n) is 4.94. The van der Waals surface area contributed by atoms with E-state index in [0.29, 0.717) is 17.2 Å². The molecule has 146 valence electrons. The van der Waals surface area contributed by atoms with E-state index in [1.54, 1.807) is 29.6 Å². The predicted molar refractivity (Wildman–Crippen MR) is 112 cm³/mol. The Morgan fingerprint density at radius 2 is 2.11 bits per heavy atom. The van der Waals surface area contributed by atoms with E-state index < -0.39 is 5.97 Å². The van der Waals surface area contributed by atoms with E-state index in [4.69, 9.17) is 4.74 Å². The molecule has 1 amide bonds. The van der Waals surface area contributed by atoms with Gasteiger partial charge in [-0.3, -0.25) is 9.79 Å². The Morgan fingerprint density at radius 3 is 2.89 bits per heavy atom. The summed E-state index contributed by atoms with van der Waals surface area (Å²) >= 11 is 3.39. The molecule has 3 rings (SSSR count). The molecule has 0 radical (unpaired) electrons. The predicted octanol–water partition coefficient (Wildman–Crippen LogP) is 3.87. The van der Waals surface area contributed by atoms with Crippen LogP contribution in [-0.4, -0.2) is 41.2 Å². The molecule has 1 heterocycles. The maximum atomic E-state index is 12.5. The minimum atomic E-state index is -0.445. The molecule has 1 fully saturated rings. The molecule has 1 N–H and O–H groups in total. The lowest BCUT2D eigenvalue weighted by Crippen LogP contribution is -2.42. The molecule has 2 atom stereocenters. The van der Waals surface area contributed by atoms with Gasteiger partial charge in [0.15, 0.2) is 6.61 Å². The lowest BCUT2D eigenvalue weighted by atomic mass is 9.86. The zero-order valence-corrected chi connectivity index (χ0v) is 17.2. The van der Waals surface area contributed by atoms with Crippen molar-refractivity contribution in [2.45, 2.75) is 44.4 Å². The van der Waals surface area contributed by atoms with Gasteiger partial charge in [-0.15, -0.1) is 0 Å². The van der Waals surface area contributed by atoms with Gasteiger partial charge >= 0.3 is 5.97 Å². The number of thioether (sulfide) groups is 2. The second-order valence-electron chi connectivity index (χ2n) is 6.95. The number of carbonyl (C=O) groups excluding carboxylic acids is 2. The van der Waals surface area contributed by atoms with E-state index in [9.17, 15) is 9.59 Å². The Morgan fingerprint density at radius 1 is 1.30 bits per heavy atom. The lowest BCUT2D eigenvalue weighted by molar-refractivity contribution is -0.125. The average molecular weight is 407 g/mol. The Bertz CT molecular complexity index is 708. The third-order valence-corrected chi connectivity index (χ3v) is 7.24. The monoisotopic (exact) mass is 406 g/mol. The second-order valence-corrected chi connectivity index (χ2v) is 9.26. The van der Waals surface area contributed by atoms with Crippen molar-refractivity contribution in [3.8, 4) is 0 Å². The van der Waals surface area contributed by atoms with Gasteiger partial charge in [-0.1, -0.05) is 61.5 Å². The number of aliphatic imine (C=N–C) groups is 1. The van der Waals surface area contributed by atoms with Crippen molar-refractivity contribution < 1.29 is 14.3 Å². The fourth-order valence-electron chi connectivity index (χ4n) is 3.38. The molecule has 1 aromatic rings. The summed E-state index contributed by atoms with van der Waals surface area (Å²) < 4.78 is 6.35. The minimum absolute atomic E-state index is 0.193. The van der Waals surface area contributed by atoms with Crippen LogP contribution in [0.2, 0.25) is 0 Å². The molecular formula is C20H26N2O3S2. The first kappa shape index (κ1) is 20.3. The fraction of sp³-hybridized carbons (Fsp3) is 0.550. The van der Waals surface area contributed by atoms with Crippen LogP contribution in [0.15, 0.2) is 29.3 Å². The van der Waals surface area contributed by atoms with Gasteiger partial charge in [-0.2, -0.15) is 0 Å². The van der Waals surface area contributed by atoms with Crippen molar-refractivity contribution in [3.05, 3.63) is 35.4 Å². The maximum absolute atomic E-state index is 12.5. The number of hydrogen-bond acceptors (Lipinski definition) is 6. The van der Waals surface area contributed by atoms with Gasteiger partial charge in [0.2, 0.25) is 0 Å². The van der Waals surface area contributed by atoms with Crippen molar-refractivity contribution in [2.75, 3.05) is 18.9 Å². The summed E-state index contributed by atoms with van der Waals surface area (Å²) in [5, 5.41) is 3.01. The summed E-state index contributed by atoms with van der Waals surface area (Å²) in [5.41, 5.74) is 1.43. The van der Waals surface area contributed by atoms with Crippen LogP contribution < -0.4 is 5.32 Å². The molecule has 2 aliphatic rings. The van der Waals surface area contributed by atoms with Crippen molar-refractivity contribution in [1.82, 2.24) is 5.32 Å². The average Bonchev–Trinajstić information content (AvgIpc) is 3.20. The van der Waals surface area contributed by atoms with Gasteiger partial charge in [-0.05, 0) is 30.4 Å². The van der Waals surface area contributed by atoms with Gasteiger partial charge in [0.05, 0.1) is 12.1 Å². The molecular weight excluding hydrogens is 380 g/mol. The highest BCUT2D eigenvalue weighted by Gasteiger charge is 2.23. The zero-order chi connectivity index (χ0) is 19.1. The van der Waals surface area contributed by atoms with Crippen LogP contribution in [0.3, 0.4) is 0 Å². The van der Waals surface area contributed by atoms with Crippen molar-refractivity contribution in [2.24, 2.45) is 10.9 Å². The van der Waals surface area contributed by atoms with Crippen LogP contribution in [0.1, 0.15) is 48.5 Å². The van der Waals surface area contributed by atoms with Crippen molar-refractivity contribution in [1.29, 1.82) is 0 Å². The Hall–Kier alpha value is -1.47. The first-order valence-electron chi connectivity index (χ1n) is 9.48. The topological polar surface area (TPSA) is 67.8 Å². The first-order chi connectivity index (χ1) is 13.1. The molecule has 0 spiro atoms. The quantitative estimate of drug-likeness (QED) is 0.726. The van der Waals surface area contributed by atoms with Crippen LogP contribution in [0.4, 0.5) is 0 Å². The van der Waals surface area contributed by atoms with E-state index in [-0.39, 0.29) is 18.6 Å². The van der Waals surface area contributed by atoms with E-state index >= 15 is 0 Å². The van der Waals surface area contributed by atoms with Gasteiger partial charge in [0.25, 0.3) is 5.91 Å².